The number of carbonyl (C=O) groups excluding carboxylic acids is 1. The van der Waals surface area contributed by atoms with Gasteiger partial charge < -0.3 is 19.9 Å². The zero-order chi connectivity index (χ0) is 17.4. The number of carbonyl (C=O) groups is 1. The van der Waals surface area contributed by atoms with Crippen LogP contribution in [0.3, 0.4) is 0 Å². The van der Waals surface area contributed by atoms with Crippen LogP contribution in [0, 0.1) is 0 Å². The summed E-state index contributed by atoms with van der Waals surface area (Å²) in [5.74, 6) is 0. The molecule has 24 heavy (non-hydrogen) atoms. The van der Waals surface area contributed by atoms with Gasteiger partial charge in [0.15, 0.2) is 0 Å². The van der Waals surface area contributed by atoms with Crippen molar-refractivity contribution in [3.63, 3.8) is 0 Å². The summed E-state index contributed by atoms with van der Waals surface area (Å²) in [6.45, 7) is 3.32. The average Bonchev–Trinajstić information content (AvgIpc) is 2.56. The number of urea groups is 1. The Bertz CT molecular complexity index is 710. The number of benzene rings is 1. The first kappa shape index (κ1) is 17.7. The maximum Gasteiger partial charge on any atom is 0.315 e. The highest BCUT2D eigenvalue weighted by atomic mass is 16.5. The lowest BCUT2D eigenvalue weighted by Gasteiger charge is -2.13. The van der Waals surface area contributed by atoms with Crippen LogP contribution in [-0.2, 0) is 17.8 Å². The lowest BCUT2D eigenvalue weighted by atomic mass is 10.1. The molecule has 0 aliphatic rings. The fourth-order valence-electron chi connectivity index (χ4n) is 2.30. The molecule has 1 unspecified atom stereocenters. The van der Waals surface area contributed by atoms with E-state index in [0.717, 1.165) is 11.1 Å². The molecule has 0 radical (unpaired) electrons. The van der Waals surface area contributed by atoms with Crippen LogP contribution in [0.15, 0.2) is 53.5 Å². The van der Waals surface area contributed by atoms with E-state index in [9.17, 15) is 9.59 Å². The Morgan fingerprint density at radius 1 is 1.17 bits per heavy atom. The van der Waals surface area contributed by atoms with Crippen LogP contribution in [0.2, 0.25) is 0 Å². The second-order valence-corrected chi connectivity index (χ2v) is 5.67. The van der Waals surface area contributed by atoms with Gasteiger partial charge >= 0.3 is 6.03 Å². The summed E-state index contributed by atoms with van der Waals surface area (Å²) >= 11 is 0. The van der Waals surface area contributed by atoms with Crippen molar-refractivity contribution in [2.75, 3.05) is 13.7 Å². The Labute approximate surface area is 141 Å². The zero-order valence-electron chi connectivity index (χ0n) is 14.0. The smallest absolute Gasteiger partial charge is 0.315 e. The van der Waals surface area contributed by atoms with Gasteiger partial charge in [-0.25, -0.2) is 4.79 Å². The highest BCUT2D eigenvalue weighted by Crippen LogP contribution is 2.05. The number of rotatable bonds is 7. The van der Waals surface area contributed by atoms with Crippen LogP contribution in [0.5, 0.6) is 0 Å². The quantitative estimate of drug-likeness (QED) is 0.812. The average molecular weight is 329 g/mol. The number of pyridine rings is 1. The predicted octanol–water partition coefficient (Wildman–Crippen LogP) is 1.73. The van der Waals surface area contributed by atoms with Gasteiger partial charge in [-0.2, -0.15) is 0 Å². The van der Waals surface area contributed by atoms with Crippen LogP contribution in [0.1, 0.15) is 18.1 Å². The Balaban J connectivity index is 1.85. The van der Waals surface area contributed by atoms with E-state index in [2.05, 4.69) is 10.6 Å². The molecule has 1 aromatic heterocycles. The molecule has 0 fully saturated rings. The fraction of sp³-hybridized carbons (Fsp3) is 0.333. The Morgan fingerprint density at radius 2 is 1.88 bits per heavy atom. The molecule has 1 atom stereocenters. The summed E-state index contributed by atoms with van der Waals surface area (Å²) in [6, 6.07) is 12.7. The van der Waals surface area contributed by atoms with Crippen molar-refractivity contribution in [2.45, 2.75) is 26.1 Å². The van der Waals surface area contributed by atoms with Crippen molar-refractivity contribution in [3.05, 3.63) is 70.1 Å². The number of ether oxygens (including phenoxy) is 1. The van der Waals surface area contributed by atoms with Gasteiger partial charge in [0.2, 0.25) is 0 Å². The van der Waals surface area contributed by atoms with E-state index in [1.54, 1.807) is 30.0 Å². The minimum absolute atomic E-state index is 0.0231. The van der Waals surface area contributed by atoms with Gasteiger partial charge in [0.05, 0.1) is 19.2 Å². The number of nitrogens with one attached hydrogen (secondary N) is 2. The van der Waals surface area contributed by atoms with Crippen molar-refractivity contribution in [3.8, 4) is 0 Å². The van der Waals surface area contributed by atoms with E-state index in [1.165, 1.54) is 0 Å². The molecule has 1 aromatic carbocycles. The lowest BCUT2D eigenvalue weighted by molar-refractivity contribution is 0.171. The summed E-state index contributed by atoms with van der Waals surface area (Å²) in [4.78, 5) is 23.4. The highest BCUT2D eigenvalue weighted by molar-refractivity contribution is 5.74. The number of hydrogen-bond acceptors (Lipinski definition) is 3. The second-order valence-electron chi connectivity index (χ2n) is 5.67. The predicted molar refractivity (Wildman–Crippen MR) is 93.0 cm³/mol. The molecule has 0 bridgehead atoms. The topological polar surface area (TPSA) is 72.4 Å². The van der Waals surface area contributed by atoms with Crippen LogP contribution >= 0.6 is 0 Å². The summed E-state index contributed by atoms with van der Waals surface area (Å²) < 4.78 is 6.62. The number of nitrogens with zero attached hydrogens (tertiary/aromatic N) is 1. The van der Waals surface area contributed by atoms with E-state index in [-0.39, 0.29) is 17.6 Å². The van der Waals surface area contributed by atoms with Gasteiger partial charge in [-0.1, -0.05) is 30.3 Å². The molecule has 0 saturated carbocycles. The molecular weight excluding hydrogens is 306 g/mol. The maximum atomic E-state index is 11.7. The fourth-order valence-corrected chi connectivity index (χ4v) is 2.30. The van der Waals surface area contributed by atoms with Crippen LogP contribution < -0.4 is 16.2 Å². The molecule has 2 rings (SSSR count). The summed E-state index contributed by atoms with van der Waals surface area (Å²) in [5.41, 5.74) is 2.00. The van der Waals surface area contributed by atoms with Gasteiger partial charge in [0.25, 0.3) is 5.56 Å². The molecule has 6 heteroatoms. The van der Waals surface area contributed by atoms with Crippen LogP contribution in [0.25, 0.3) is 0 Å². The first-order valence-electron chi connectivity index (χ1n) is 7.85. The first-order valence-corrected chi connectivity index (χ1v) is 7.85. The molecule has 0 spiro atoms. The molecular formula is C18H23N3O3. The van der Waals surface area contributed by atoms with E-state index in [0.29, 0.717) is 19.7 Å². The Morgan fingerprint density at radius 3 is 2.54 bits per heavy atom. The maximum absolute atomic E-state index is 11.7. The van der Waals surface area contributed by atoms with Gasteiger partial charge in [-0.15, -0.1) is 0 Å². The third kappa shape index (κ3) is 5.55. The van der Waals surface area contributed by atoms with Gasteiger partial charge in [-0.3, -0.25) is 4.79 Å². The molecule has 2 amide bonds. The van der Waals surface area contributed by atoms with Gasteiger partial charge in [-0.05, 0) is 24.1 Å². The van der Waals surface area contributed by atoms with Crippen molar-refractivity contribution in [1.82, 2.24) is 15.2 Å². The minimum Gasteiger partial charge on any atom is -0.383 e. The molecule has 0 saturated heterocycles. The largest absolute Gasteiger partial charge is 0.383 e. The number of aromatic nitrogens is 1. The summed E-state index contributed by atoms with van der Waals surface area (Å²) in [6.07, 6.45) is 1.77. The molecule has 0 aliphatic carbocycles. The van der Waals surface area contributed by atoms with Crippen molar-refractivity contribution in [2.24, 2.45) is 0 Å². The molecule has 1 heterocycles. The van der Waals surface area contributed by atoms with Crippen molar-refractivity contribution in [1.29, 1.82) is 0 Å². The van der Waals surface area contributed by atoms with Gasteiger partial charge in [0.1, 0.15) is 0 Å². The molecule has 6 nitrogen and oxygen atoms in total. The van der Waals surface area contributed by atoms with Crippen LogP contribution in [0.4, 0.5) is 4.79 Å². The van der Waals surface area contributed by atoms with Crippen LogP contribution in [-0.4, -0.2) is 30.4 Å². The minimum atomic E-state index is -0.223. The Kier molecular flexibility index (Phi) is 6.57. The Hall–Kier alpha value is -2.60. The van der Waals surface area contributed by atoms with E-state index >= 15 is 0 Å². The first-order chi connectivity index (χ1) is 11.6. The van der Waals surface area contributed by atoms with Gasteiger partial charge in [0, 0.05) is 25.9 Å². The number of amides is 2. The third-order valence-electron chi connectivity index (χ3n) is 3.52. The normalized spacial score (nSPS) is 11.8. The monoisotopic (exact) mass is 329 g/mol. The molecule has 2 aromatic rings. The standard InChI is InChI=1S/C18H23N3O3/c1-14(13-24-2)20-18(23)19-11-15-6-8-16(9-7-15)12-21-10-4-3-5-17(21)22/h3-10,14H,11-13H2,1-2H3,(H2,19,20,23). The van der Waals surface area contributed by atoms with Crippen molar-refractivity contribution >= 4 is 6.03 Å². The van der Waals surface area contributed by atoms with E-state index < -0.39 is 0 Å². The molecule has 2 N–H and O–H groups in total. The molecule has 0 aliphatic heterocycles. The lowest BCUT2D eigenvalue weighted by Crippen LogP contribution is -2.42. The summed E-state index contributed by atoms with van der Waals surface area (Å²) in [7, 11) is 1.60. The molecule has 128 valence electrons. The number of hydrogen-bond donors (Lipinski definition) is 2. The van der Waals surface area contributed by atoms with Crippen molar-refractivity contribution < 1.29 is 9.53 Å². The SMILES string of the molecule is COCC(C)NC(=O)NCc1ccc(Cn2ccccc2=O)cc1. The zero-order valence-corrected chi connectivity index (χ0v) is 14.0. The number of methoxy groups -OCH3 is 1. The van der Waals surface area contributed by atoms with E-state index in [4.69, 9.17) is 4.74 Å². The second kappa shape index (κ2) is 8.88. The highest BCUT2D eigenvalue weighted by Gasteiger charge is 2.06. The third-order valence-corrected chi connectivity index (χ3v) is 3.52. The summed E-state index contributed by atoms with van der Waals surface area (Å²) in [5, 5.41) is 5.59. The van der Waals surface area contributed by atoms with E-state index in [1.807, 2.05) is 37.3 Å².